The van der Waals surface area contributed by atoms with E-state index in [0.29, 0.717) is 0 Å². The van der Waals surface area contributed by atoms with Gasteiger partial charge in [-0.3, -0.25) is 0 Å². The highest BCUT2D eigenvalue weighted by Crippen LogP contribution is 2.37. The lowest BCUT2D eigenvalue weighted by atomic mass is 9.92. The molecule has 1 fully saturated rings. The van der Waals surface area contributed by atoms with Crippen molar-refractivity contribution in [3.63, 3.8) is 0 Å². The van der Waals surface area contributed by atoms with E-state index in [1.54, 1.807) is 0 Å². The Kier molecular flexibility index (Phi) is 3.42. The van der Waals surface area contributed by atoms with E-state index in [1.165, 1.54) is 32.1 Å². The Labute approximate surface area is 71.4 Å². The second kappa shape index (κ2) is 4.13. The first-order valence-electron chi connectivity index (χ1n) is 5.24. The smallest absolute Gasteiger partial charge is 0.0388 e. The van der Waals surface area contributed by atoms with Crippen molar-refractivity contribution in [1.29, 1.82) is 0 Å². The molecule has 0 heteroatoms. The standard InChI is InChI=1S/C11H22/c1-4-5-10-6-7-11(8-10)9(2)3/h9-11H,4-8H2,1-3H3. The van der Waals surface area contributed by atoms with Crippen LogP contribution in [0.15, 0.2) is 0 Å². The van der Waals surface area contributed by atoms with Gasteiger partial charge in [0.2, 0.25) is 0 Å². The van der Waals surface area contributed by atoms with Gasteiger partial charge in [-0.05, 0) is 30.6 Å². The third kappa shape index (κ3) is 2.50. The third-order valence-electron chi connectivity index (χ3n) is 3.22. The maximum atomic E-state index is 2.37. The van der Waals surface area contributed by atoms with Crippen LogP contribution in [0, 0.1) is 17.8 Å². The van der Waals surface area contributed by atoms with Gasteiger partial charge < -0.3 is 0 Å². The molecule has 2 unspecified atom stereocenters. The van der Waals surface area contributed by atoms with Crippen LogP contribution in [0.3, 0.4) is 0 Å². The van der Waals surface area contributed by atoms with Crippen molar-refractivity contribution < 1.29 is 0 Å². The Balaban J connectivity index is 2.23. The average molecular weight is 154 g/mol. The van der Waals surface area contributed by atoms with E-state index in [-0.39, 0.29) is 0 Å². The molecule has 0 aromatic rings. The van der Waals surface area contributed by atoms with Crippen LogP contribution < -0.4 is 0 Å². The van der Waals surface area contributed by atoms with Crippen molar-refractivity contribution in [3.05, 3.63) is 0 Å². The fraction of sp³-hybridized carbons (Fsp3) is 1.00. The van der Waals surface area contributed by atoms with Gasteiger partial charge in [0.25, 0.3) is 0 Å². The summed E-state index contributed by atoms with van der Waals surface area (Å²) in [5, 5.41) is 0. The quantitative estimate of drug-likeness (QED) is 0.579. The molecular weight excluding hydrogens is 132 g/mol. The van der Waals surface area contributed by atoms with Crippen molar-refractivity contribution in [2.24, 2.45) is 17.8 Å². The van der Waals surface area contributed by atoms with Crippen molar-refractivity contribution in [2.45, 2.75) is 52.9 Å². The first-order valence-corrected chi connectivity index (χ1v) is 5.24. The van der Waals surface area contributed by atoms with E-state index >= 15 is 0 Å². The third-order valence-corrected chi connectivity index (χ3v) is 3.22. The van der Waals surface area contributed by atoms with Gasteiger partial charge in [-0.1, -0.05) is 40.0 Å². The van der Waals surface area contributed by atoms with Crippen LogP contribution >= 0.6 is 0 Å². The molecule has 0 aromatic heterocycles. The first kappa shape index (κ1) is 9.09. The van der Waals surface area contributed by atoms with Crippen LogP contribution in [-0.2, 0) is 0 Å². The largest absolute Gasteiger partial charge is 0.0654 e. The summed E-state index contributed by atoms with van der Waals surface area (Å²) in [5.74, 6) is 3.05. The van der Waals surface area contributed by atoms with Crippen molar-refractivity contribution >= 4 is 0 Å². The molecule has 2 atom stereocenters. The van der Waals surface area contributed by atoms with Gasteiger partial charge in [0.1, 0.15) is 0 Å². The van der Waals surface area contributed by atoms with Gasteiger partial charge in [0, 0.05) is 0 Å². The molecule has 1 aliphatic rings. The molecule has 1 saturated carbocycles. The summed E-state index contributed by atoms with van der Waals surface area (Å²) < 4.78 is 0. The minimum atomic E-state index is 0.928. The molecule has 1 rings (SSSR count). The fourth-order valence-electron chi connectivity index (χ4n) is 2.39. The maximum Gasteiger partial charge on any atom is -0.0388 e. The zero-order valence-corrected chi connectivity index (χ0v) is 8.27. The van der Waals surface area contributed by atoms with Crippen molar-refractivity contribution in [2.75, 3.05) is 0 Å². The Bertz CT molecular complexity index is 105. The topological polar surface area (TPSA) is 0 Å². The highest BCUT2D eigenvalue weighted by atomic mass is 14.3. The lowest BCUT2D eigenvalue weighted by Gasteiger charge is -2.13. The molecule has 0 radical (unpaired) electrons. The van der Waals surface area contributed by atoms with Gasteiger partial charge in [-0.2, -0.15) is 0 Å². The van der Waals surface area contributed by atoms with Crippen LogP contribution in [0.4, 0.5) is 0 Å². The molecule has 0 heterocycles. The van der Waals surface area contributed by atoms with Crippen LogP contribution in [0.5, 0.6) is 0 Å². The zero-order chi connectivity index (χ0) is 8.27. The number of hydrogen-bond donors (Lipinski definition) is 0. The van der Waals surface area contributed by atoms with Crippen molar-refractivity contribution in [3.8, 4) is 0 Å². The normalized spacial score (nSPS) is 31.6. The minimum absolute atomic E-state index is 0.928. The van der Waals surface area contributed by atoms with E-state index < -0.39 is 0 Å². The molecule has 11 heavy (non-hydrogen) atoms. The molecule has 0 amide bonds. The highest BCUT2D eigenvalue weighted by Gasteiger charge is 2.25. The highest BCUT2D eigenvalue weighted by molar-refractivity contribution is 4.76. The zero-order valence-electron chi connectivity index (χ0n) is 8.27. The van der Waals surface area contributed by atoms with E-state index in [1.807, 2.05) is 0 Å². The Morgan fingerprint density at radius 1 is 1.27 bits per heavy atom. The van der Waals surface area contributed by atoms with E-state index in [0.717, 1.165) is 17.8 Å². The van der Waals surface area contributed by atoms with Gasteiger partial charge in [0.15, 0.2) is 0 Å². The lowest BCUT2D eigenvalue weighted by molar-refractivity contribution is 0.372. The molecule has 1 aliphatic carbocycles. The summed E-state index contributed by atoms with van der Waals surface area (Å²) in [6.45, 7) is 7.06. The van der Waals surface area contributed by atoms with Crippen LogP contribution in [0.1, 0.15) is 52.9 Å². The molecular formula is C11H22. The van der Waals surface area contributed by atoms with Gasteiger partial charge in [0.05, 0.1) is 0 Å². The predicted octanol–water partition coefficient (Wildman–Crippen LogP) is 3.86. The molecule has 0 N–H and O–H groups in total. The summed E-state index contributed by atoms with van der Waals surface area (Å²) in [7, 11) is 0. The number of rotatable bonds is 3. The van der Waals surface area contributed by atoms with E-state index in [4.69, 9.17) is 0 Å². The first-order chi connectivity index (χ1) is 5.24. The summed E-state index contributed by atoms with van der Waals surface area (Å²) >= 11 is 0. The monoisotopic (exact) mass is 154 g/mol. The predicted molar refractivity (Wildman–Crippen MR) is 50.6 cm³/mol. The van der Waals surface area contributed by atoms with Gasteiger partial charge in [-0.25, -0.2) is 0 Å². The second-order valence-corrected chi connectivity index (χ2v) is 4.47. The number of hydrogen-bond acceptors (Lipinski definition) is 0. The van der Waals surface area contributed by atoms with E-state index in [9.17, 15) is 0 Å². The van der Waals surface area contributed by atoms with Crippen LogP contribution in [0.25, 0.3) is 0 Å². The van der Waals surface area contributed by atoms with Crippen LogP contribution in [-0.4, -0.2) is 0 Å². The SMILES string of the molecule is CCCC1CCC(C(C)C)C1. The Hall–Kier alpha value is 0. The summed E-state index contributed by atoms with van der Waals surface area (Å²) in [6, 6.07) is 0. The molecule has 0 bridgehead atoms. The minimum Gasteiger partial charge on any atom is -0.0654 e. The van der Waals surface area contributed by atoms with Crippen molar-refractivity contribution in [1.82, 2.24) is 0 Å². The molecule has 0 spiro atoms. The lowest BCUT2D eigenvalue weighted by Crippen LogP contribution is -2.03. The van der Waals surface area contributed by atoms with Crippen LogP contribution in [0.2, 0.25) is 0 Å². The van der Waals surface area contributed by atoms with Gasteiger partial charge in [-0.15, -0.1) is 0 Å². The summed E-state index contributed by atoms with van der Waals surface area (Å²) in [4.78, 5) is 0. The summed E-state index contributed by atoms with van der Waals surface area (Å²) in [6.07, 6.45) is 7.39. The summed E-state index contributed by atoms with van der Waals surface area (Å²) in [5.41, 5.74) is 0. The Morgan fingerprint density at radius 2 is 2.00 bits per heavy atom. The Morgan fingerprint density at radius 3 is 2.45 bits per heavy atom. The van der Waals surface area contributed by atoms with Gasteiger partial charge >= 0.3 is 0 Å². The average Bonchev–Trinajstić information content (AvgIpc) is 2.37. The molecule has 0 nitrogen and oxygen atoms in total. The molecule has 0 aromatic carbocycles. The second-order valence-electron chi connectivity index (χ2n) is 4.47. The maximum absolute atomic E-state index is 2.37. The molecule has 0 saturated heterocycles. The molecule has 0 aliphatic heterocycles. The fourth-order valence-corrected chi connectivity index (χ4v) is 2.39. The van der Waals surface area contributed by atoms with E-state index in [2.05, 4.69) is 20.8 Å². The molecule has 66 valence electrons.